The summed E-state index contributed by atoms with van der Waals surface area (Å²) in [5.41, 5.74) is 3.40. The Bertz CT molecular complexity index is 841. The molecule has 0 bridgehead atoms. The van der Waals surface area contributed by atoms with Crippen LogP contribution in [0, 0.1) is 0 Å². The largest absolute Gasteiger partial charge is 0.497 e. The smallest absolute Gasteiger partial charge is 0.269 e. The van der Waals surface area contributed by atoms with Gasteiger partial charge in [0.15, 0.2) is 0 Å². The summed E-state index contributed by atoms with van der Waals surface area (Å²) in [6.07, 6.45) is 1.82. The Kier molecular flexibility index (Phi) is 5.69. The Morgan fingerprint density at radius 1 is 1.15 bits per heavy atom. The maximum Gasteiger partial charge on any atom is 0.269 e. The van der Waals surface area contributed by atoms with Crippen LogP contribution in [-0.2, 0) is 6.42 Å². The van der Waals surface area contributed by atoms with Crippen LogP contribution in [0.15, 0.2) is 60.7 Å². The number of rotatable bonds is 7. The highest BCUT2D eigenvalue weighted by Gasteiger charge is 2.13. The second-order valence-corrected chi connectivity index (χ2v) is 6.29. The van der Waals surface area contributed by atoms with Crippen molar-refractivity contribution >= 4 is 5.91 Å². The van der Waals surface area contributed by atoms with E-state index in [1.165, 1.54) is 5.56 Å². The number of carbonyl (C=O) groups is 1. The molecule has 1 heterocycles. The van der Waals surface area contributed by atoms with Crippen molar-refractivity contribution in [3.05, 3.63) is 71.9 Å². The number of hydrogen-bond donors (Lipinski definition) is 2. The minimum absolute atomic E-state index is 0.0791. The van der Waals surface area contributed by atoms with Gasteiger partial charge in [-0.2, -0.15) is 5.10 Å². The van der Waals surface area contributed by atoms with Gasteiger partial charge in [-0.05, 0) is 55.7 Å². The fourth-order valence-corrected chi connectivity index (χ4v) is 2.75. The van der Waals surface area contributed by atoms with Crippen molar-refractivity contribution in [1.29, 1.82) is 0 Å². The van der Waals surface area contributed by atoms with Crippen LogP contribution in [0.3, 0.4) is 0 Å². The van der Waals surface area contributed by atoms with E-state index in [4.69, 9.17) is 4.74 Å². The fourth-order valence-electron chi connectivity index (χ4n) is 2.75. The van der Waals surface area contributed by atoms with Gasteiger partial charge in [0.05, 0.1) is 12.8 Å². The monoisotopic (exact) mass is 349 g/mol. The molecule has 0 saturated heterocycles. The number of ether oxygens (including phenoxy) is 1. The molecule has 1 atom stereocenters. The number of nitrogens with zero attached hydrogens (tertiary/aromatic N) is 1. The number of hydrogen-bond acceptors (Lipinski definition) is 3. The molecule has 0 aliphatic heterocycles. The van der Waals surface area contributed by atoms with Crippen molar-refractivity contribution in [2.75, 3.05) is 7.11 Å². The van der Waals surface area contributed by atoms with Gasteiger partial charge < -0.3 is 10.1 Å². The Morgan fingerprint density at radius 2 is 1.88 bits per heavy atom. The van der Waals surface area contributed by atoms with Crippen LogP contribution in [0.2, 0.25) is 0 Å². The summed E-state index contributed by atoms with van der Waals surface area (Å²) >= 11 is 0. The zero-order valence-corrected chi connectivity index (χ0v) is 15.0. The standard InChI is InChI=1S/C21H23N3O2/c1-15(8-9-16-6-4-3-5-7-16)22-21(25)20-14-19(23-24-20)17-10-12-18(26-2)13-11-17/h3-7,10-15H,8-9H2,1-2H3,(H,22,25)(H,23,24)/t15-/m0/s1. The highest BCUT2D eigenvalue weighted by atomic mass is 16.5. The number of methoxy groups -OCH3 is 1. The van der Waals surface area contributed by atoms with Crippen LogP contribution in [0.4, 0.5) is 0 Å². The number of aryl methyl sites for hydroxylation is 1. The molecule has 0 aliphatic carbocycles. The topological polar surface area (TPSA) is 67.0 Å². The van der Waals surface area contributed by atoms with Gasteiger partial charge in [-0.25, -0.2) is 0 Å². The first kappa shape index (κ1) is 17.7. The maximum atomic E-state index is 12.4. The Hall–Kier alpha value is -3.08. The Labute approximate surface area is 153 Å². The number of H-pyrrole nitrogens is 1. The van der Waals surface area contributed by atoms with E-state index < -0.39 is 0 Å². The Morgan fingerprint density at radius 3 is 2.58 bits per heavy atom. The molecular formula is C21H23N3O2. The lowest BCUT2D eigenvalue weighted by Gasteiger charge is -2.13. The second-order valence-electron chi connectivity index (χ2n) is 6.29. The molecule has 2 N–H and O–H groups in total. The maximum absolute atomic E-state index is 12.4. The number of nitrogens with one attached hydrogen (secondary N) is 2. The van der Waals surface area contributed by atoms with E-state index in [9.17, 15) is 4.79 Å². The average molecular weight is 349 g/mol. The van der Waals surface area contributed by atoms with Crippen LogP contribution in [-0.4, -0.2) is 29.3 Å². The predicted molar refractivity (Wildman–Crippen MR) is 102 cm³/mol. The van der Waals surface area contributed by atoms with Gasteiger partial charge in [0.2, 0.25) is 0 Å². The molecule has 0 unspecified atom stereocenters. The molecule has 1 amide bonds. The molecule has 26 heavy (non-hydrogen) atoms. The van der Waals surface area contributed by atoms with E-state index in [-0.39, 0.29) is 11.9 Å². The molecule has 0 aliphatic rings. The van der Waals surface area contributed by atoms with E-state index in [0.29, 0.717) is 5.69 Å². The van der Waals surface area contributed by atoms with Crippen molar-refractivity contribution in [1.82, 2.24) is 15.5 Å². The average Bonchev–Trinajstić information content (AvgIpc) is 3.18. The minimum atomic E-state index is -0.141. The first-order valence-corrected chi connectivity index (χ1v) is 8.70. The minimum Gasteiger partial charge on any atom is -0.497 e. The van der Waals surface area contributed by atoms with Crippen molar-refractivity contribution in [3.63, 3.8) is 0 Å². The molecule has 2 aromatic carbocycles. The summed E-state index contributed by atoms with van der Waals surface area (Å²) in [5.74, 6) is 0.646. The number of amides is 1. The molecule has 3 rings (SSSR count). The lowest BCUT2D eigenvalue weighted by molar-refractivity contribution is 0.0933. The Balaban J connectivity index is 1.57. The zero-order valence-electron chi connectivity index (χ0n) is 15.0. The molecule has 134 valence electrons. The van der Waals surface area contributed by atoms with Crippen LogP contribution in [0.25, 0.3) is 11.3 Å². The van der Waals surface area contributed by atoms with Gasteiger partial charge in [-0.15, -0.1) is 0 Å². The van der Waals surface area contributed by atoms with Crippen LogP contribution >= 0.6 is 0 Å². The highest BCUT2D eigenvalue weighted by Crippen LogP contribution is 2.21. The fraction of sp³-hybridized carbons (Fsp3) is 0.238. The van der Waals surface area contributed by atoms with E-state index in [1.807, 2.05) is 49.4 Å². The third kappa shape index (κ3) is 4.51. The summed E-state index contributed by atoms with van der Waals surface area (Å²) < 4.78 is 5.15. The van der Waals surface area contributed by atoms with Crippen LogP contribution in [0.5, 0.6) is 5.75 Å². The zero-order chi connectivity index (χ0) is 18.4. The van der Waals surface area contributed by atoms with Gasteiger partial charge >= 0.3 is 0 Å². The molecule has 0 fully saturated rings. The third-order valence-corrected chi connectivity index (χ3v) is 4.29. The molecule has 0 radical (unpaired) electrons. The van der Waals surface area contributed by atoms with E-state index >= 15 is 0 Å². The van der Waals surface area contributed by atoms with E-state index in [0.717, 1.165) is 29.8 Å². The first-order valence-electron chi connectivity index (χ1n) is 8.70. The number of carbonyl (C=O) groups excluding carboxylic acids is 1. The SMILES string of the molecule is COc1ccc(-c2cc(C(=O)N[C@@H](C)CCc3ccccc3)[nH]n2)cc1. The number of aromatic nitrogens is 2. The lowest BCUT2D eigenvalue weighted by atomic mass is 10.1. The van der Waals surface area contributed by atoms with Gasteiger partial charge in [-0.3, -0.25) is 9.89 Å². The van der Waals surface area contributed by atoms with Crippen molar-refractivity contribution in [2.45, 2.75) is 25.8 Å². The van der Waals surface area contributed by atoms with Gasteiger partial charge in [0.25, 0.3) is 5.91 Å². The first-order chi connectivity index (χ1) is 12.7. The number of benzene rings is 2. The molecule has 1 aromatic heterocycles. The van der Waals surface area contributed by atoms with Crippen molar-refractivity contribution in [3.8, 4) is 17.0 Å². The summed E-state index contributed by atoms with van der Waals surface area (Å²) in [6.45, 7) is 2.02. The highest BCUT2D eigenvalue weighted by molar-refractivity contribution is 5.93. The van der Waals surface area contributed by atoms with Crippen molar-refractivity contribution in [2.24, 2.45) is 0 Å². The molecule has 0 spiro atoms. The van der Waals surface area contributed by atoms with Crippen LogP contribution in [0.1, 0.15) is 29.4 Å². The van der Waals surface area contributed by atoms with E-state index in [2.05, 4.69) is 27.6 Å². The molecular weight excluding hydrogens is 326 g/mol. The number of aromatic amines is 1. The summed E-state index contributed by atoms with van der Waals surface area (Å²) in [5, 5.41) is 10.1. The summed E-state index contributed by atoms with van der Waals surface area (Å²) in [6, 6.07) is 19.7. The second kappa shape index (κ2) is 8.34. The molecule has 0 saturated carbocycles. The molecule has 3 aromatic rings. The summed E-state index contributed by atoms with van der Waals surface area (Å²) in [7, 11) is 1.63. The summed E-state index contributed by atoms with van der Waals surface area (Å²) in [4.78, 5) is 12.4. The van der Waals surface area contributed by atoms with Gasteiger partial charge in [0, 0.05) is 11.6 Å². The lowest BCUT2D eigenvalue weighted by Crippen LogP contribution is -2.33. The third-order valence-electron chi connectivity index (χ3n) is 4.29. The van der Waals surface area contributed by atoms with Gasteiger partial charge in [-0.1, -0.05) is 30.3 Å². The van der Waals surface area contributed by atoms with Crippen molar-refractivity contribution < 1.29 is 9.53 Å². The quantitative estimate of drug-likeness (QED) is 0.681. The molecule has 5 nitrogen and oxygen atoms in total. The predicted octanol–water partition coefficient (Wildman–Crippen LogP) is 3.84. The van der Waals surface area contributed by atoms with Gasteiger partial charge in [0.1, 0.15) is 11.4 Å². The van der Waals surface area contributed by atoms with Crippen LogP contribution < -0.4 is 10.1 Å². The molecule has 5 heteroatoms. The van der Waals surface area contributed by atoms with E-state index in [1.54, 1.807) is 13.2 Å². The normalized spacial score (nSPS) is 11.8.